The van der Waals surface area contributed by atoms with E-state index in [0.29, 0.717) is 10.6 Å². The van der Waals surface area contributed by atoms with Crippen molar-refractivity contribution in [3.8, 4) is 0 Å². The molecule has 0 bridgehead atoms. The number of nitrogens with one attached hydrogen (secondary N) is 1. The van der Waals surface area contributed by atoms with Gasteiger partial charge < -0.3 is 5.11 Å². The minimum atomic E-state index is -3.43. The lowest BCUT2D eigenvalue weighted by Crippen LogP contribution is -2.38. The van der Waals surface area contributed by atoms with E-state index < -0.39 is 10.0 Å². The maximum atomic E-state index is 11.9. The Labute approximate surface area is 100 Å². The summed E-state index contributed by atoms with van der Waals surface area (Å²) in [4.78, 5) is 0. The van der Waals surface area contributed by atoms with Gasteiger partial charge in [-0.05, 0) is 23.8 Å². The monoisotopic (exact) mass is 263 g/mol. The molecule has 16 heavy (non-hydrogen) atoms. The summed E-state index contributed by atoms with van der Waals surface area (Å²) < 4.78 is 26.7. The van der Waals surface area contributed by atoms with Gasteiger partial charge in [-0.2, -0.15) is 0 Å². The average molecular weight is 263 g/mol. The summed E-state index contributed by atoms with van der Waals surface area (Å²) in [6.45, 7) is 3.84. The minimum absolute atomic E-state index is 0.0180. The van der Waals surface area contributed by atoms with Crippen LogP contribution >= 0.6 is 11.3 Å². The van der Waals surface area contributed by atoms with Crippen molar-refractivity contribution in [2.45, 2.75) is 30.5 Å². The lowest BCUT2D eigenvalue weighted by Gasteiger charge is -2.20. The third-order valence-corrected chi connectivity index (χ3v) is 5.20. The second-order valence-electron chi connectivity index (χ2n) is 3.92. The Kier molecular flexibility index (Phi) is 4.91. The fourth-order valence-corrected chi connectivity index (χ4v) is 3.77. The van der Waals surface area contributed by atoms with E-state index in [4.69, 9.17) is 5.11 Å². The summed E-state index contributed by atoms with van der Waals surface area (Å²) in [6.07, 6.45) is 0.433. The van der Waals surface area contributed by atoms with Gasteiger partial charge in [0, 0.05) is 12.6 Å². The van der Waals surface area contributed by atoms with Crippen LogP contribution in [-0.4, -0.2) is 26.2 Å². The van der Waals surface area contributed by atoms with Crippen LogP contribution in [0.2, 0.25) is 0 Å². The minimum Gasteiger partial charge on any atom is -0.396 e. The summed E-state index contributed by atoms with van der Waals surface area (Å²) in [5.41, 5.74) is 0. The van der Waals surface area contributed by atoms with Gasteiger partial charge in [0.15, 0.2) is 0 Å². The first-order chi connectivity index (χ1) is 7.47. The topological polar surface area (TPSA) is 66.4 Å². The lowest BCUT2D eigenvalue weighted by atomic mass is 10.0. The zero-order valence-electron chi connectivity index (χ0n) is 9.38. The molecule has 0 aliphatic rings. The molecule has 1 aromatic rings. The van der Waals surface area contributed by atoms with Crippen molar-refractivity contribution in [2.75, 3.05) is 6.61 Å². The molecule has 1 aromatic heterocycles. The zero-order valence-corrected chi connectivity index (χ0v) is 11.0. The Morgan fingerprint density at radius 2 is 2.19 bits per heavy atom. The molecule has 0 amide bonds. The highest BCUT2D eigenvalue weighted by Gasteiger charge is 2.22. The molecule has 0 saturated heterocycles. The van der Waals surface area contributed by atoms with Gasteiger partial charge in [-0.3, -0.25) is 0 Å². The van der Waals surface area contributed by atoms with Crippen LogP contribution in [0.25, 0.3) is 0 Å². The molecule has 6 heteroatoms. The van der Waals surface area contributed by atoms with Gasteiger partial charge in [0.1, 0.15) is 4.21 Å². The fraction of sp³-hybridized carbons (Fsp3) is 0.600. The SMILES string of the molecule is CC(C)C(CCO)NS(=O)(=O)c1cccs1. The highest BCUT2D eigenvalue weighted by Crippen LogP contribution is 2.17. The third kappa shape index (κ3) is 3.55. The first kappa shape index (κ1) is 13.6. The Morgan fingerprint density at radius 1 is 1.50 bits per heavy atom. The normalized spacial score (nSPS) is 14.2. The van der Waals surface area contributed by atoms with Crippen LogP contribution in [-0.2, 0) is 10.0 Å². The summed E-state index contributed by atoms with van der Waals surface area (Å²) in [5, 5.41) is 10.6. The molecule has 1 unspecified atom stereocenters. The first-order valence-corrected chi connectivity index (χ1v) is 7.50. The molecule has 1 rings (SSSR count). The number of aliphatic hydroxyl groups is 1. The summed E-state index contributed by atoms with van der Waals surface area (Å²) in [7, 11) is -3.43. The maximum absolute atomic E-state index is 11.9. The Hall–Kier alpha value is -0.430. The molecular weight excluding hydrogens is 246 g/mol. The zero-order chi connectivity index (χ0) is 12.2. The van der Waals surface area contributed by atoms with Crippen molar-refractivity contribution < 1.29 is 13.5 Å². The van der Waals surface area contributed by atoms with Crippen LogP contribution in [0.1, 0.15) is 20.3 Å². The second-order valence-corrected chi connectivity index (χ2v) is 6.80. The van der Waals surface area contributed by atoms with E-state index in [1.807, 2.05) is 13.8 Å². The van der Waals surface area contributed by atoms with Gasteiger partial charge in [-0.15, -0.1) is 11.3 Å². The average Bonchev–Trinajstić information content (AvgIpc) is 2.69. The Morgan fingerprint density at radius 3 is 2.62 bits per heavy atom. The molecule has 0 aliphatic heterocycles. The lowest BCUT2D eigenvalue weighted by molar-refractivity contribution is 0.256. The van der Waals surface area contributed by atoms with Gasteiger partial charge in [0.05, 0.1) is 0 Å². The molecule has 92 valence electrons. The molecule has 0 spiro atoms. The molecule has 4 nitrogen and oxygen atoms in total. The molecule has 0 saturated carbocycles. The number of rotatable bonds is 6. The smallest absolute Gasteiger partial charge is 0.250 e. The van der Waals surface area contributed by atoms with Crippen LogP contribution in [0.15, 0.2) is 21.7 Å². The third-order valence-electron chi connectivity index (χ3n) is 2.31. The number of sulfonamides is 1. The van der Waals surface area contributed by atoms with E-state index in [9.17, 15) is 8.42 Å². The van der Waals surface area contributed by atoms with Crippen molar-refractivity contribution in [2.24, 2.45) is 5.92 Å². The molecular formula is C10H17NO3S2. The van der Waals surface area contributed by atoms with Crippen LogP contribution in [0.5, 0.6) is 0 Å². The van der Waals surface area contributed by atoms with E-state index >= 15 is 0 Å². The van der Waals surface area contributed by atoms with Crippen molar-refractivity contribution in [1.82, 2.24) is 4.72 Å². The second kappa shape index (κ2) is 5.77. The fourth-order valence-electron chi connectivity index (χ4n) is 1.34. The molecule has 0 radical (unpaired) electrons. The van der Waals surface area contributed by atoms with Crippen LogP contribution in [0.3, 0.4) is 0 Å². The van der Waals surface area contributed by atoms with Gasteiger partial charge in [0.2, 0.25) is 10.0 Å². The molecule has 2 N–H and O–H groups in total. The number of hydrogen-bond acceptors (Lipinski definition) is 4. The highest BCUT2D eigenvalue weighted by molar-refractivity contribution is 7.91. The molecule has 0 aromatic carbocycles. The molecule has 1 heterocycles. The largest absolute Gasteiger partial charge is 0.396 e. The van der Waals surface area contributed by atoms with E-state index in [-0.39, 0.29) is 18.6 Å². The standard InChI is InChI=1S/C10H17NO3S2/c1-8(2)9(5-6-12)11-16(13,14)10-4-3-7-15-10/h3-4,7-9,11-12H,5-6H2,1-2H3. The highest BCUT2D eigenvalue weighted by atomic mass is 32.2. The number of hydrogen-bond donors (Lipinski definition) is 2. The van der Waals surface area contributed by atoms with Crippen molar-refractivity contribution in [1.29, 1.82) is 0 Å². The van der Waals surface area contributed by atoms with Crippen molar-refractivity contribution in [3.63, 3.8) is 0 Å². The predicted octanol–water partition coefficient (Wildman–Crippen LogP) is 1.43. The van der Waals surface area contributed by atoms with Crippen LogP contribution in [0.4, 0.5) is 0 Å². The molecule has 0 aliphatic carbocycles. The summed E-state index contributed by atoms with van der Waals surface area (Å²) in [6, 6.07) is 3.05. The van der Waals surface area contributed by atoms with Gasteiger partial charge in [-0.25, -0.2) is 13.1 Å². The van der Waals surface area contributed by atoms with Crippen molar-refractivity contribution >= 4 is 21.4 Å². The first-order valence-electron chi connectivity index (χ1n) is 5.14. The van der Waals surface area contributed by atoms with Gasteiger partial charge in [-0.1, -0.05) is 19.9 Å². The van der Waals surface area contributed by atoms with Crippen molar-refractivity contribution in [3.05, 3.63) is 17.5 Å². The van der Waals surface area contributed by atoms with E-state index in [1.54, 1.807) is 17.5 Å². The van der Waals surface area contributed by atoms with E-state index in [0.717, 1.165) is 0 Å². The van der Waals surface area contributed by atoms with Gasteiger partial charge in [0.25, 0.3) is 0 Å². The number of aliphatic hydroxyl groups excluding tert-OH is 1. The quantitative estimate of drug-likeness (QED) is 0.816. The Balaban J connectivity index is 2.78. The Bertz CT molecular complexity index is 398. The molecule has 1 atom stereocenters. The van der Waals surface area contributed by atoms with Crippen LogP contribution < -0.4 is 4.72 Å². The van der Waals surface area contributed by atoms with E-state index in [1.165, 1.54) is 11.3 Å². The molecule has 0 fully saturated rings. The van der Waals surface area contributed by atoms with Gasteiger partial charge >= 0.3 is 0 Å². The number of thiophene rings is 1. The maximum Gasteiger partial charge on any atom is 0.250 e. The van der Waals surface area contributed by atoms with E-state index in [2.05, 4.69) is 4.72 Å². The summed E-state index contributed by atoms with van der Waals surface area (Å²) >= 11 is 1.19. The predicted molar refractivity (Wildman–Crippen MR) is 65.0 cm³/mol. The van der Waals surface area contributed by atoms with Crippen LogP contribution in [0, 0.1) is 5.92 Å². The summed E-state index contributed by atoms with van der Waals surface area (Å²) in [5.74, 6) is 0.155.